The summed E-state index contributed by atoms with van der Waals surface area (Å²) < 4.78 is 16.2. The summed E-state index contributed by atoms with van der Waals surface area (Å²) in [5.41, 5.74) is 1.56. The molecule has 3 aromatic carbocycles. The first-order valence-electron chi connectivity index (χ1n) is 18.2. The van der Waals surface area contributed by atoms with Crippen LogP contribution >= 0.6 is 23.1 Å². The highest BCUT2D eigenvalue weighted by molar-refractivity contribution is 8.00. The maximum absolute atomic E-state index is 14.2. The molecule has 57 heavy (non-hydrogen) atoms. The molecule has 0 bridgehead atoms. The minimum absolute atomic E-state index is 0.00144. The average Bonchev–Trinajstić information content (AvgIpc) is 3.65. The lowest BCUT2D eigenvalue weighted by Crippen LogP contribution is -2.71. The van der Waals surface area contributed by atoms with Crippen LogP contribution in [0.3, 0.4) is 0 Å². The average molecular weight is 812 g/mol. The van der Waals surface area contributed by atoms with E-state index in [-0.39, 0.29) is 29.5 Å². The third kappa shape index (κ3) is 9.06. The van der Waals surface area contributed by atoms with Crippen molar-refractivity contribution < 1.29 is 38.2 Å². The first kappa shape index (κ1) is 41.1. The Morgan fingerprint density at radius 3 is 1.96 bits per heavy atom. The number of aromatic nitrogens is 1. The molecule has 1 aromatic heterocycles. The molecule has 298 valence electrons. The first-order valence-corrected chi connectivity index (χ1v) is 20.1. The van der Waals surface area contributed by atoms with Crippen molar-refractivity contribution in [3.63, 3.8) is 0 Å². The SMILES string of the molecule is COC(C)(C)ON=C(C(=O)NC1C(=O)N2C(C(=O)OC(C)(C)C)=C(COC(C)=O)CS[C@H]12)c1csc(NC(c2ccccc2)(c2ccccc2)c2ccccc2)n1. The van der Waals surface area contributed by atoms with Crippen LogP contribution in [0.25, 0.3) is 0 Å². The molecule has 2 aliphatic heterocycles. The third-order valence-electron chi connectivity index (χ3n) is 9.10. The highest BCUT2D eigenvalue weighted by atomic mass is 32.2. The van der Waals surface area contributed by atoms with Gasteiger partial charge >= 0.3 is 11.9 Å². The summed E-state index contributed by atoms with van der Waals surface area (Å²) in [6, 6.07) is 29.0. The number of thiazole rings is 1. The van der Waals surface area contributed by atoms with Crippen molar-refractivity contribution in [1.82, 2.24) is 15.2 Å². The molecule has 0 radical (unpaired) electrons. The van der Waals surface area contributed by atoms with E-state index < -0.39 is 52.1 Å². The number of hydrogen-bond acceptors (Lipinski definition) is 13. The van der Waals surface area contributed by atoms with Crippen molar-refractivity contribution in [1.29, 1.82) is 0 Å². The number of carbonyl (C=O) groups is 4. The van der Waals surface area contributed by atoms with Crippen LogP contribution in [0.1, 0.15) is 63.9 Å². The summed E-state index contributed by atoms with van der Waals surface area (Å²) in [4.78, 5) is 65.0. The summed E-state index contributed by atoms with van der Waals surface area (Å²) in [7, 11) is 1.45. The molecule has 2 amide bonds. The summed E-state index contributed by atoms with van der Waals surface area (Å²) >= 11 is 2.59. The fourth-order valence-electron chi connectivity index (χ4n) is 6.29. The number of amides is 2. The van der Waals surface area contributed by atoms with Gasteiger partial charge in [0.05, 0.1) is 0 Å². The van der Waals surface area contributed by atoms with Gasteiger partial charge in [-0.05, 0) is 37.5 Å². The lowest BCUT2D eigenvalue weighted by atomic mass is 9.77. The van der Waals surface area contributed by atoms with E-state index in [0.717, 1.165) is 16.7 Å². The van der Waals surface area contributed by atoms with Gasteiger partial charge in [-0.3, -0.25) is 19.3 Å². The molecule has 6 rings (SSSR count). The summed E-state index contributed by atoms with van der Waals surface area (Å²) in [5.74, 6) is -3.49. The van der Waals surface area contributed by atoms with E-state index in [4.69, 9.17) is 24.0 Å². The normalized spacial score (nSPS) is 17.3. The number of methoxy groups -OCH3 is 1. The molecule has 0 spiro atoms. The van der Waals surface area contributed by atoms with Crippen LogP contribution in [0.4, 0.5) is 5.13 Å². The van der Waals surface area contributed by atoms with Crippen LogP contribution in [0.5, 0.6) is 0 Å². The smallest absolute Gasteiger partial charge is 0.355 e. The van der Waals surface area contributed by atoms with Gasteiger partial charge in [0.25, 0.3) is 11.8 Å². The minimum Gasteiger partial charge on any atom is -0.461 e. The highest BCUT2D eigenvalue weighted by Crippen LogP contribution is 2.42. The van der Waals surface area contributed by atoms with Gasteiger partial charge in [-0.2, -0.15) is 0 Å². The number of oxime groups is 1. The molecule has 1 unspecified atom stereocenters. The van der Waals surface area contributed by atoms with Crippen molar-refractivity contribution in [2.75, 3.05) is 24.8 Å². The van der Waals surface area contributed by atoms with Crippen LogP contribution in [0.15, 0.2) is 113 Å². The van der Waals surface area contributed by atoms with Crippen molar-refractivity contribution in [2.45, 2.75) is 69.9 Å². The van der Waals surface area contributed by atoms with Crippen molar-refractivity contribution in [3.8, 4) is 0 Å². The van der Waals surface area contributed by atoms with Crippen LogP contribution in [0, 0.1) is 0 Å². The summed E-state index contributed by atoms with van der Waals surface area (Å²) in [6.07, 6.45) is 0. The van der Waals surface area contributed by atoms with Gasteiger partial charge in [-0.25, -0.2) is 9.78 Å². The molecule has 1 saturated heterocycles. The van der Waals surface area contributed by atoms with Gasteiger partial charge in [-0.1, -0.05) is 96.2 Å². The Kier molecular flexibility index (Phi) is 12.2. The van der Waals surface area contributed by atoms with Crippen LogP contribution in [0.2, 0.25) is 0 Å². The standard InChI is InChI=1S/C42H45N5O8S2/c1-26(48)53-23-27-24-56-37-33(36(50)47(37)34(27)38(51)54-40(2,3)4)44-35(49)32(46-55-41(5,6)52-7)31-25-57-39(43-31)45-42(28-17-11-8-12-18-28,29-19-13-9-14-20-29)30-21-15-10-16-22-30/h8-22,25,33,37H,23-24H2,1-7H3,(H,43,45)(H,44,49)/t33?,37-/m1/s1. The second-order valence-electron chi connectivity index (χ2n) is 14.7. The number of β-lactam (4-membered cyclic amide) rings is 1. The van der Waals surface area contributed by atoms with E-state index in [9.17, 15) is 19.2 Å². The predicted molar refractivity (Wildman–Crippen MR) is 218 cm³/mol. The van der Waals surface area contributed by atoms with Gasteiger partial charge in [0.2, 0.25) is 5.79 Å². The van der Waals surface area contributed by atoms with Crippen molar-refractivity contribution in [3.05, 3.63) is 130 Å². The Balaban J connectivity index is 1.32. The highest BCUT2D eigenvalue weighted by Gasteiger charge is 2.55. The van der Waals surface area contributed by atoms with E-state index in [0.29, 0.717) is 10.7 Å². The van der Waals surface area contributed by atoms with Crippen LogP contribution < -0.4 is 10.6 Å². The fraction of sp³-hybridized carbons (Fsp3) is 0.333. The molecule has 4 aromatic rings. The Labute approximate surface area is 339 Å². The third-order valence-corrected chi connectivity index (χ3v) is 11.2. The number of fused-ring (bicyclic) bond motifs is 1. The number of nitrogens with one attached hydrogen (secondary N) is 2. The van der Waals surface area contributed by atoms with E-state index >= 15 is 0 Å². The molecule has 2 aliphatic rings. The van der Waals surface area contributed by atoms with Crippen LogP contribution in [-0.4, -0.2) is 81.6 Å². The monoisotopic (exact) mass is 811 g/mol. The molecule has 15 heteroatoms. The second-order valence-corrected chi connectivity index (χ2v) is 16.7. The largest absolute Gasteiger partial charge is 0.461 e. The Hall–Kier alpha value is -5.51. The number of carbonyl (C=O) groups excluding carboxylic acids is 4. The lowest BCUT2D eigenvalue weighted by Gasteiger charge is -2.49. The Morgan fingerprint density at radius 1 is 0.895 bits per heavy atom. The van der Waals surface area contributed by atoms with Gasteiger partial charge in [0.1, 0.15) is 40.6 Å². The lowest BCUT2D eigenvalue weighted by molar-refractivity contribution is -0.197. The van der Waals surface area contributed by atoms with Gasteiger partial charge in [0.15, 0.2) is 10.8 Å². The first-order chi connectivity index (χ1) is 27.1. The maximum Gasteiger partial charge on any atom is 0.355 e. The number of anilines is 1. The second kappa shape index (κ2) is 16.9. The predicted octanol–water partition coefficient (Wildman–Crippen LogP) is 6.21. The molecule has 0 aliphatic carbocycles. The molecule has 0 saturated carbocycles. The number of ether oxygens (including phenoxy) is 3. The molecular weight excluding hydrogens is 767 g/mol. The Bertz CT molecular complexity index is 2070. The van der Waals surface area contributed by atoms with E-state index in [1.807, 2.05) is 91.0 Å². The van der Waals surface area contributed by atoms with Gasteiger partial charge in [0, 0.05) is 44.6 Å². The molecule has 2 atom stereocenters. The number of thioether (sulfide) groups is 1. The number of nitrogens with zero attached hydrogens (tertiary/aromatic N) is 3. The molecule has 1 fully saturated rings. The number of hydrogen-bond donors (Lipinski definition) is 2. The summed E-state index contributed by atoms with van der Waals surface area (Å²) in [5, 5.41) is 12.3. The number of esters is 2. The quantitative estimate of drug-likeness (QED) is 0.0373. The summed E-state index contributed by atoms with van der Waals surface area (Å²) in [6.45, 7) is 9.49. The van der Waals surface area contributed by atoms with Crippen molar-refractivity contribution >= 4 is 57.7 Å². The van der Waals surface area contributed by atoms with E-state index in [2.05, 4.69) is 15.8 Å². The van der Waals surface area contributed by atoms with Gasteiger partial charge < -0.3 is 29.7 Å². The molecule has 2 N–H and O–H groups in total. The van der Waals surface area contributed by atoms with Crippen LogP contribution in [-0.2, 0) is 43.8 Å². The zero-order chi connectivity index (χ0) is 41.0. The van der Waals surface area contributed by atoms with Crippen molar-refractivity contribution in [2.24, 2.45) is 5.16 Å². The minimum atomic E-state index is -1.21. The zero-order valence-corrected chi connectivity index (χ0v) is 34.4. The fourth-order valence-corrected chi connectivity index (χ4v) is 8.36. The molecule has 3 heterocycles. The van der Waals surface area contributed by atoms with E-state index in [1.54, 1.807) is 40.0 Å². The topological polar surface area (TPSA) is 158 Å². The Morgan fingerprint density at radius 2 is 1.46 bits per heavy atom. The molecular formula is C42H45N5O8S2. The number of rotatable bonds is 14. The number of benzene rings is 3. The zero-order valence-electron chi connectivity index (χ0n) is 32.7. The van der Waals surface area contributed by atoms with Gasteiger partial charge in [-0.15, -0.1) is 23.1 Å². The maximum atomic E-state index is 14.2. The molecule has 13 nitrogen and oxygen atoms in total. The van der Waals surface area contributed by atoms with E-state index in [1.165, 1.54) is 42.0 Å².